The Bertz CT molecular complexity index is 1610. The number of imidazole rings is 1. The molecule has 0 saturated carbocycles. The zero-order valence-corrected chi connectivity index (χ0v) is 29.8. The number of fused-ring (bicyclic) bond motifs is 2. The zero-order valence-electron chi connectivity index (χ0n) is 29.8. The van der Waals surface area contributed by atoms with Crippen molar-refractivity contribution in [2.45, 2.75) is 103 Å². The standard InChI is InChI=1S/C34H51N9O6/c1-32(2,3)21-10-12-22(13-11-21)40-30(44)36-14-9-15-41(16-17-43(31(45)46)33(4,5)6)18-23-25-26(49-34(7,8)48-25)29(47-23)42-20-39-24-27(35)37-19-38-28(24)42/h10-13,19-20,23,25-26,29H,9,14-18H2,1-8H3,(H,45,46)(H2,35,37,38)(H2,36,40,44)/t23-,25-,26-,29-/m1/s1. The van der Waals surface area contributed by atoms with Crippen LogP contribution in [0.25, 0.3) is 11.2 Å². The van der Waals surface area contributed by atoms with Gasteiger partial charge < -0.3 is 40.6 Å². The van der Waals surface area contributed by atoms with Crippen LogP contribution < -0.4 is 16.4 Å². The van der Waals surface area contributed by atoms with Crippen LogP contribution in [0.3, 0.4) is 0 Å². The van der Waals surface area contributed by atoms with Crippen molar-refractivity contribution in [3.63, 3.8) is 0 Å². The van der Waals surface area contributed by atoms with Crippen LogP contribution in [0.5, 0.6) is 0 Å². The average Bonchev–Trinajstić information content (AvgIpc) is 3.65. The van der Waals surface area contributed by atoms with Gasteiger partial charge in [0.05, 0.1) is 6.33 Å². The van der Waals surface area contributed by atoms with Gasteiger partial charge in [0.25, 0.3) is 0 Å². The zero-order chi connectivity index (χ0) is 35.7. The Kier molecular flexibility index (Phi) is 10.4. The molecule has 0 unspecified atom stereocenters. The minimum atomic E-state index is -0.985. The van der Waals surface area contributed by atoms with E-state index in [9.17, 15) is 14.7 Å². The first-order chi connectivity index (χ1) is 22.9. The van der Waals surface area contributed by atoms with E-state index in [0.717, 1.165) is 0 Å². The Balaban J connectivity index is 1.26. The predicted octanol–water partition coefficient (Wildman–Crippen LogP) is 4.42. The van der Waals surface area contributed by atoms with Gasteiger partial charge in [-0.15, -0.1) is 0 Å². The molecule has 0 bridgehead atoms. The number of carbonyl (C=O) groups is 2. The van der Waals surface area contributed by atoms with Crippen molar-refractivity contribution >= 4 is 34.8 Å². The van der Waals surface area contributed by atoms with Crippen LogP contribution in [-0.2, 0) is 19.6 Å². The SMILES string of the molecule is CC1(C)O[C@@H]2[C@H](O1)[C@@H](CN(CCCNC(=O)Nc1ccc(C(C)(C)C)cc1)CCN(C(=O)O)C(C)(C)C)O[C@H]2n1cnc2c(N)ncnc21. The van der Waals surface area contributed by atoms with Crippen LogP contribution in [0.1, 0.15) is 73.6 Å². The van der Waals surface area contributed by atoms with E-state index in [1.54, 1.807) is 10.9 Å². The molecule has 2 aromatic heterocycles. The summed E-state index contributed by atoms with van der Waals surface area (Å²) in [6.45, 7) is 17.9. The molecule has 15 nitrogen and oxygen atoms in total. The van der Waals surface area contributed by atoms with Gasteiger partial charge >= 0.3 is 12.1 Å². The lowest BCUT2D eigenvalue weighted by molar-refractivity contribution is -0.198. The van der Waals surface area contributed by atoms with E-state index in [2.05, 4.69) is 51.3 Å². The van der Waals surface area contributed by atoms with Crippen molar-refractivity contribution in [1.29, 1.82) is 0 Å². The molecule has 3 amide bonds. The number of benzene rings is 1. The quantitative estimate of drug-likeness (QED) is 0.210. The Morgan fingerprint density at radius 1 is 1.00 bits per heavy atom. The third-order valence-corrected chi connectivity index (χ3v) is 8.85. The minimum Gasteiger partial charge on any atom is -0.465 e. The lowest BCUT2D eigenvalue weighted by Crippen LogP contribution is -2.50. The molecule has 0 radical (unpaired) electrons. The third-order valence-electron chi connectivity index (χ3n) is 8.85. The first-order valence-electron chi connectivity index (χ1n) is 16.8. The van der Waals surface area contributed by atoms with Gasteiger partial charge in [0.1, 0.15) is 30.2 Å². The number of nitrogens with two attached hydrogens (primary N) is 1. The molecule has 4 heterocycles. The summed E-state index contributed by atoms with van der Waals surface area (Å²) in [5, 5.41) is 15.8. The number of hydrogen-bond acceptors (Lipinski definition) is 10. The summed E-state index contributed by atoms with van der Waals surface area (Å²) in [6.07, 6.45) is 0.761. The van der Waals surface area contributed by atoms with E-state index in [-0.39, 0.29) is 23.8 Å². The molecule has 3 aromatic rings. The van der Waals surface area contributed by atoms with Crippen LogP contribution >= 0.6 is 0 Å². The molecule has 2 fully saturated rings. The number of nitrogen functional groups attached to an aromatic ring is 1. The van der Waals surface area contributed by atoms with Crippen molar-refractivity contribution in [3.05, 3.63) is 42.5 Å². The Hall–Kier alpha value is -4.05. The van der Waals surface area contributed by atoms with Crippen LogP contribution in [0.2, 0.25) is 0 Å². The summed E-state index contributed by atoms with van der Waals surface area (Å²) >= 11 is 0. The highest BCUT2D eigenvalue weighted by Gasteiger charge is 2.56. The molecule has 1 aromatic carbocycles. The van der Waals surface area contributed by atoms with Gasteiger partial charge in [-0.3, -0.25) is 9.47 Å². The summed E-state index contributed by atoms with van der Waals surface area (Å²) in [5.41, 5.74) is 8.39. The molecule has 49 heavy (non-hydrogen) atoms. The molecule has 2 aliphatic rings. The second-order valence-electron chi connectivity index (χ2n) is 15.2. The number of nitrogens with one attached hydrogen (secondary N) is 2. The van der Waals surface area contributed by atoms with Gasteiger partial charge in [0.15, 0.2) is 23.5 Å². The minimum absolute atomic E-state index is 0.0247. The van der Waals surface area contributed by atoms with E-state index in [1.807, 2.05) is 58.9 Å². The number of hydrogen-bond donors (Lipinski definition) is 4. The molecule has 5 rings (SSSR count). The third kappa shape index (κ3) is 8.58. The Morgan fingerprint density at radius 2 is 1.69 bits per heavy atom. The number of ether oxygens (including phenoxy) is 3. The second kappa shape index (κ2) is 14.1. The molecular weight excluding hydrogens is 630 g/mol. The van der Waals surface area contributed by atoms with Gasteiger partial charge in [-0.1, -0.05) is 32.9 Å². The number of anilines is 2. The molecule has 0 spiro atoms. The van der Waals surface area contributed by atoms with Crippen molar-refractivity contribution in [2.75, 3.05) is 43.8 Å². The van der Waals surface area contributed by atoms with Crippen LogP contribution in [0, 0.1) is 0 Å². The van der Waals surface area contributed by atoms with Crippen LogP contribution in [0.15, 0.2) is 36.9 Å². The number of urea groups is 1. The van der Waals surface area contributed by atoms with E-state index in [1.165, 1.54) is 16.8 Å². The Labute approximate surface area is 287 Å². The summed E-state index contributed by atoms with van der Waals surface area (Å²) in [4.78, 5) is 41.3. The van der Waals surface area contributed by atoms with E-state index < -0.39 is 42.0 Å². The maximum absolute atomic E-state index is 12.7. The summed E-state index contributed by atoms with van der Waals surface area (Å²) in [5.74, 6) is -0.575. The summed E-state index contributed by atoms with van der Waals surface area (Å²) in [7, 11) is 0. The molecule has 5 N–H and O–H groups in total. The van der Waals surface area contributed by atoms with Gasteiger partial charge in [0.2, 0.25) is 0 Å². The highest BCUT2D eigenvalue weighted by molar-refractivity contribution is 5.89. The van der Waals surface area contributed by atoms with Crippen molar-refractivity contribution in [2.24, 2.45) is 0 Å². The predicted molar refractivity (Wildman–Crippen MR) is 185 cm³/mol. The smallest absolute Gasteiger partial charge is 0.407 e. The number of amides is 3. The van der Waals surface area contributed by atoms with Gasteiger partial charge in [-0.2, -0.15) is 0 Å². The van der Waals surface area contributed by atoms with Crippen molar-refractivity contribution in [3.8, 4) is 0 Å². The highest BCUT2D eigenvalue weighted by Crippen LogP contribution is 2.44. The largest absolute Gasteiger partial charge is 0.465 e. The number of carboxylic acid groups (broad SMARTS) is 1. The molecule has 4 atom stereocenters. The monoisotopic (exact) mass is 681 g/mol. The average molecular weight is 682 g/mol. The van der Waals surface area contributed by atoms with Crippen LogP contribution in [0.4, 0.5) is 21.1 Å². The summed E-state index contributed by atoms with van der Waals surface area (Å²) < 4.78 is 21.1. The molecule has 15 heteroatoms. The number of carbonyl (C=O) groups excluding carboxylic acids is 1. The van der Waals surface area contributed by atoms with Crippen molar-refractivity contribution in [1.82, 2.24) is 34.6 Å². The van der Waals surface area contributed by atoms with Gasteiger partial charge in [0, 0.05) is 37.4 Å². The number of rotatable bonds is 11. The maximum Gasteiger partial charge on any atom is 0.407 e. The normalized spacial score (nSPS) is 22.0. The fraction of sp³-hybridized carbons (Fsp3) is 0.618. The first kappa shape index (κ1) is 36.2. The molecule has 268 valence electrons. The lowest BCUT2D eigenvalue weighted by Gasteiger charge is -2.36. The molecule has 2 saturated heterocycles. The molecule has 0 aliphatic carbocycles. The molecule has 2 aliphatic heterocycles. The van der Waals surface area contributed by atoms with Gasteiger partial charge in [-0.05, 0) is 70.7 Å². The maximum atomic E-state index is 12.7. The Morgan fingerprint density at radius 3 is 2.35 bits per heavy atom. The second-order valence-corrected chi connectivity index (χ2v) is 15.2. The molecular formula is C34H51N9O6. The number of aromatic nitrogens is 4. The highest BCUT2D eigenvalue weighted by atomic mass is 16.8. The summed E-state index contributed by atoms with van der Waals surface area (Å²) in [6, 6.07) is 7.55. The van der Waals surface area contributed by atoms with Gasteiger partial charge in [-0.25, -0.2) is 24.5 Å². The fourth-order valence-corrected chi connectivity index (χ4v) is 6.33. The van der Waals surface area contributed by atoms with Crippen LogP contribution in [-0.4, -0.2) is 109 Å². The lowest BCUT2D eigenvalue weighted by atomic mass is 9.87. The van der Waals surface area contributed by atoms with E-state index >= 15 is 0 Å². The first-order valence-corrected chi connectivity index (χ1v) is 16.8. The van der Waals surface area contributed by atoms with Crippen molar-refractivity contribution < 1.29 is 28.9 Å². The number of nitrogens with zero attached hydrogens (tertiary/aromatic N) is 6. The fourth-order valence-electron chi connectivity index (χ4n) is 6.33. The van der Waals surface area contributed by atoms with E-state index in [4.69, 9.17) is 19.9 Å². The topological polar surface area (TPSA) is 182 Å². The van der Waals surface area contributed by atoms with E-state index in [0.29, 0.717) is 49.5 Å².